The summed E-state index contributed by atoms with van der Waals surface area (Å²) in [6.45, 7) is 9.06. The summed E-state index contributed by atoms with van der Waals surface area (Å²) in [6.07, 6.45) is 3.44. The van der Waals surface area contributed by atoms with Crippen molar-refractivity contribution in [3.8, 4) is 0 Å². The summed E-state index contributed by atoms with van der Waals surface area (Å²) >= 11 is 1.82. The zero-order chi connectivity index (χ0) is 16.0. The maximum absolute atomic E-state index is 10.5. The zero-order valence-electron chi connectivity index (χ0n) is 14.3. The van der Waals surface area contributed by atoms with Crippen LogP contribution in [0.25, 0.3) is 0 Å². The van der Waals surface area contributed by atoms with Crippen molar-refractivity contribution in [2.24, 2.45) is 4.99 Å². The maximum atomic E-state index is 10.5. The lowest BCUT2D eigenvalue weighted by Gasteiger charge is -2.30. The van der Waals surface area contributed by atoms with E-state index in [-0.39, 0.29) is 0 Å². The van der Waals surface area contributed by atoms with Crippen LogP contribution in [0.15, 0.2) is 4.99 Å². The first kappa shape index (κ1) is 17.9. The molecule has 5 nitrogen and oxygen atoms in total. The minimum atomic E-state index is -0.602. The summed E-state index contributed by atoms with van der Waals surface area (Å²) in [5.41, 5.74) is -0.602. The molecule has 0 bridgehead atoms. The Morgan fingerprint density at radius 3 is 2.95 bits per heavy atom. The van der Waals surface area contributed by atoms with E-state index in [2.05, 4.69) is 36.0 Å². The number of likely N-dealkylation sites (tertiary alicyclic amines) is 1. The highest BCUT2D eigenvalue weighted by molar-refractivity contribution is 7.99. The lowest BCUT2D eigenvalue weighted by Crippen LogP contribution is -2.46. The van der Waals surface area contributed by atoms with E-state index in [0.717, 1.165) is 43.5 Å². The first-order chi connectivity index (χ1) is 10.6. The summed E-state index contributed by atoms with van der Waals surface area (Å²) in [5, 5.41) is 13.8. The van der Waals surface area contributed by atoms with E-state index in [1.165, 1.54) is 19.4 Å². The van der Waals surface area contributed by atoms with Gasteiger partial charge < -0.3 is 15.3 Å². The smallest absolute Gasteiger partial charge is 0.193 e. The van der Waals surface area contributed by atoms with Crippen LogP contribution in [0.2, 0.25) is 0 Å². The Morgan fingerprint density at radius 1 is 1.50 bits per heavy atom. The van der Waals surface area contributed by atoms with Gasteiger partial charge in [-0.15, -0.1) is 0 Å². The number of hydrogen-bond acceptors (Lipinski definition) is 4. The molecule has 0 spiro atoms. The number of thioether (sulfide) groups is 1. The molecule has 2 atom stereocenters. The molecule has 22 heavy (non-hydrogen) atoms. The third-order valence-electron chi connectivity index (χ3n) is 4.69. The second-order valence-corrected chi connectivity index (χ2v) is 7.61. The normalized spacial score (nSPS) is 30.0. The van der Waals surface area contributed by atoms with Crippen LogP contribution >= 0.6 is 11.8 Å². The Bertz CT molecular complexity index is 371. The molecule has 2 fully saturated rings. The lowest BCUT2D eigenvalue weighted by atomic mass is 10.0. The van der Waals surface area contributed by atoms with E-state index < -0.39 is 5.60 Å². The van der Waals surface area contributed by atoms with Crippen LogP contribution in [0.3, 0.4) is 0 Å². The van der Waals surface area contributed by atoms with Gasteiger partial charge >= 0.3 is 0 Å². The molecule has 128 valence electrons. The highest BCUT2D eigenvalue weighted by atomic mass is 32.2. The molecule has 2 aliphatic rings. The van der Waals surface area contributed by atoms with Crippen LogP contribution in [0.1, 0.15) is 33.1 Å². The van der Waals surface area contributed by atoms with Crippen LogP contribution in [-0.4, -0.2) is 83.8 Å². The predicted molar refractivity (Wildman–Crippen MR) is 95.8 cm³/mol. The van der Waals surface area contributed by atoms with Crippen LogP contribution in [0.4, 0.5) is 0 Å². The van der Waals surface area contributed by atoms with Crippen molar-refractivity contribution in [3.63, 3.8) is 0 Å². The van der Waals surface area contributed by atoms with Gasteiger partial charge in [0.05, 0.1) is 12.1 Å². The Kier molecular flexibility index (Phi) is 6.84. The van der Waals surface area contributed by atoms with Crippen LogP contribution < -0.4 is 5.32 Å². The molecule has 2 heterocycles. The summed E-state index contributed by atoms with van der Waals surface area (Å²) in [6, 6.07) is 0.629. The molecule has 2 N–H and O–H groups in total. The van der Waals surface area contributed by atoms with Crippen molar-refractivity contribution in [3.05, 3.63) is 0 Å². The quantitative estimate of drug-likeness (QED) is 0.567. The molecule has 2 unspecified atom stereocenters. The number of aliphatic imine (C=N–C) groups is 1. The number of hydrogen-bond donors (Lipinski definition) is 2. The Hall–Kier alpha value is -0.460. The summed E-state index contributed by atoms with van der Waals surface area (Å²) < 4.78 is 0. The molecule has 2 saturated heterocycles. The van der Waals surface area contributed by atoms with Gasteiger partial charge in [-0.1, -0.05) is 6.92 Å². The monoisotopic (exact) mass is 328 g/mol. The van der Waals surface area contributed by atoms with Gasteiger partial charge in [-0.2, -0.15) is 11.8 Å². The zero-order valence-corrected chi connectivity index (χ0v) is 15.2. The van der Waals surface area contributed by atoms with Gasteiger partial charge in [-0.3, -0.25) is 9.89 Å². The average Bonchev–Trinajstić information content (AvgIpc) is 3.12. The van der Waals surface area contributed by atoms with Crippen molar-refractivity contribution in [2.75, 3.05) is 51.3 Å². The topological polar surface area (TPSA) is 51.1 Å². The molecule has 2 rings (SSSR count). The highest BCUT2D eigenvalue weighted by Crippen LogP contribution is 2.28. The lowest BCUT2D eigenvalue weighted by molar-refractivity contribution is 0.0775. The highest BCUT2D eigenvalue weighted by Gasteiger charge is 2.32. The summed E-state index contributed by atoms with van der Waals surface area (Å²) in [5.74, 6) is 2.79. The Balaban J connectivity index is 1.93. The van der Waals surface area contributed by atoms with Gasteiger partial charge in [0.25, 0.3) is 0 Å². The number of nitrogens with one attached hydrogen (secondary N) is 1. The Morgan fingerprint density at radius 2 is 2.32 bits per heavy atom. The minimum Gasteiger partial charge on any atom is -0.387 e. The molecule has 0 radical (unpaired) electrons. The van der Waals surface area contributed by atoms with Crippen molar-refractivity contribution in [1.82, 2.24) is 15.1 Å². The van der Waals surface area contributed by atoms with Crippen LogP contribution in [0.5, 0.6) is 0 Å². The Labute approximate surface area is 139 Å². The van der Waals surface area contributed by atoms with Crippen molar-refractivity contribution >= 4 is 17.7 Å². The molecule has 0 saturated carbocycles. The minimum absolute atomic E-state index is 0.509. The molecule has 0 aromatic carbocycles. The van der Waals surface area contributed by atoms with Crippen LogP contribution in [-0.2, 0) is 0 Å². The van der Waals surface area contributed by atoms with Gasteiger partial charge in [-0.25, -0.2) is 0 Å². The largest absolute Gasteiger partial charge is 0.387 e. The molecule has 2 aliphatic heterocycles. The van der Waals surface area contributed by atoms with Gasteiger partial charge in [0.2, 0.25) is 0 Å². The summed E-state index contributed by atoms with van der Waals surface area (Å²) in [7, 11) is 2.11. The fraction of sp³-hybridized carbons (Fsp3) is 0.938. The predicted octanol–water partition coefficient (Wildman–Crippen LogP) is 1.24. The van der Waals surface area contributed by atoms with Crippen molar-refractivity contribution in [2.45, 2.75) is 44.8 Å². The molecule has 0 aromatic heterocycles. The molecule has 6 heteroatoms. The first-order valence-electron chi connectivity index (χ1n) is 8.61. The van der Waals surface area contributed by atoms with E-state index in [4.69, 9.17) is 4.99 Å². The number of aliphatic hydroxyl groups is 1. The maximum Gasteiger partial charge on any atom is 0.193 e. The second kappa shape index (κ2) is 8.41. The van der Waals surface area contributed by atoms with Crippen molar-refractivity contribution < 1.29 is 5.11 Å². The number of rotatable bonds is 6. The van der Waals surface area contributed by atoms with Crippen molar-refractivity contribution in [1.29, 1.82) is 0 Å². The third-order valence-corrected chi connectivity index (χ3v) is 5.93. The molecule has 0 aliphatic carbocycles. The first-order valence-corrected chi connectivity index (χ1v) is 9.77. The SMILES string of the molecule is CCNC(=NCC1(O)CCSC1)N(C)CC1CCCN1CC. The second-order valence-electron chi connectivity index (χ2n) is 6.50. The number of likely N-dealkylation sites (N-methyl/N-ethyl adjacent to an activating group) is 2. The molecule has 0 aromatic rings. The van der Waals surface area contributed by atoms with E-state index >= 15 is 0 Å². The fourth-order valence-corrected chi connectivity index (χ4v) is 4.62. The van der Waals surface area contributed by atoms with E-state index in [9.17, 15) is 5.11 Å². The number of nitrogens with zero attached hydrogens (tertiary/aromatic N) is 3. The van der Waals surface area contributed by atoms with Gasteiger partial charge in [0.15, 0.2) is 5.96 Å². The molecule has 0 amide bonds. The molecular weight excluding hydrogens is 296 g/mol. The summed E-state index contributed by atoms with van der Waals surface area (Å²) in [4.78, 5) is 9.50. The standard InChI is InChI=1S/C16H32N4OS/c1-4-17-15(18-12-16(21)8-10-22-13-16)19(3)11-14-7-6-9-20(14)5-2/h14,21H,4-13H2,1-3H3,(H,17,18). The number of guanidine groups is 1. The fourth-order valence-electron chi connectivity index (χ4n) is 3.33. The van der Waals surface area contributed by atoms with E-state index in [1.807, 2.05) is 11.8 Å². The van der Waals surface area contributed by atoms with Gasteiger partial charge in [-0.05, 0) is 45.0 Å². The average molecular weight is 329 g/mol. The van der Waals surface area contributed by atoms with E-state index in [1.54, 1.807) is 0 Å². The molecular formula is C16H32N4OS. The van der Waals surface area contributed by atoms with Crippen LogP contribution in [0, 0.1) is 0 Å². The van der Waals surface area contributed by atoms with Gasteiger partial charge in [0, 0.05) is 31.9 Å². The van der Waals surface area contributed by atoms with Gasteiger partial charge in [0.1, 0.15) is 0 Å². The third kappa shape index (κ3) is 4.77. The van der Waals surface area contributed by atoms with E-state index in [0.29, 0.717) is 12.6 Å².